The van der Waals surface area contributed by atoms with Gasteiger partial charge in [-0.2, -0.15) is 0 Å². The van der Waals surface area contributed by atoms with Crippen LogP contribution in [0.3, 0.4) is 0 Å². The number of carbonyl (C=O) groups is 1. The SMILES string of the molecule is COC(=O)CCc1ccc(-c2ncc(-c3ccc(C(=N)N)cc3)[nH]2)cc1NS(C)(=O)=O. The van der Waals surface area contributed by atoms with Crippen molar-refractivity contribution in [3.63, 3.8) is 0 Å². The number of methoxy groups -OCH3 is 1. The van der Waals surface area contributed by atoms with E-state index in [2.05, 4.69) is 19.4 Å². The summed E-state index contributed by atoms with van der Waals surface area (Å²) in [7, 11) is -2.21. The molecule has 1 heterocycles. The number of rotatable bonds is 8. The molecule has 0 saturated heterocycles. The van der Waals surface area contributed by atoms with Crippen molar-refractivity contribution in [2.75, 3.05) is 18.1 Å². The topological polar surface area (TPSA) is 151 Å². The van der Waals surface area contributed by atoms with Crippen LogP contribution in [0.2, 0.25) is 0 Å². The molecule has 0 aliphatic rings. The second-order valence-electron chi connectivity index (χ2n) is 6.96. The smallest absolute Gasteiger partial charge is 0.305 e. The fourth-order valence-corrected chi connectivity index (χ4v) is 3.61. The van der Waals surface area contributed by atoms with Gasteiger partial charge < -0.3 is 15.5 Å². The van der Waals surface area contributed by atoms with E-state index in [4.69, 9.17) is 11.1 Å². The summed E-state index contributed by atoms with van der Waals surface area (Å²) in [5.41, 5.74) is 9.48. The van der Waals surface area contributed by atoms with Crippen LogP contribution in [0.4, 0.5) is 5.69 Å². The van der Waals surface area contributed by atoms with Crippen LogP contribution < -0.4 is 10.5 Å². The van der Waals surface area contributed by atoms with Crippen molar-refractivity contribution in [2.24, 2.45) is 5.73 Å². The zero-order valence-electron chi connectivity index (χ0n) is 17.1. The minimum absolute atomic E-state index is 0.00459. The number of nitrogens with zero attached hydrogens (tertiary/aromatic N) is 1. The summed E-state index contributed by atoms with van der Waals surface area (Å²) in [6, 6.07) is 12.4. The molecule has 0 saturated carbocycles. The molecule has 0 atom stereocenters. The summed E-state index contributed by atoms with van der Waals surface area (Å²) in [6.07, 6.45) is 3.21. The molecule has 10 heteroatoms. The first-order chi connectivity index (χ1) is 14.7. The van der Waals surface area contributed by atoms with Crippen molar-refractivity contribution in [1.29, 1.82) is 5.41 Å². The van der Waals surface area contributed by atoms with Gasteiger partial charge in [0.05, 0.1) is 30.9 Å². The van der Waals surface area contributed by atoms with Gasteiger partial charge in [0, 0.05) is 17.5 Å². The highest BCUT2D eigenvalue weighted by atomic mass is 32.2. The van der Waals surface area contributed by atoms with Gasteiger partial charge in [0.2, 0.25) is 10.0 Å². The molecule has 2 aromatic carbocycles. The van der Waals surface area contributed by atoms with Crippen molar-refractivity contribution >= 4 is 27.5 Å². The first kappa shape index (κ1) is 22.0. The standard InChI is InChI=1S/C21H23N5O4S/c1-30-19(27)10-9-13-5-8-16(11-17(13)26-31(2,28)29)21-24-12-18(25-21)14-3-6-15(7-4-14)20(22)23/h3-8,11-12,26H,9-10H2,1-2H3,(H3,22,23)(H,24,25). The van der Waals surface area contributed by atoms with Gasteiger partial charge in [0.1, 0.15) is 11.7 Å². The molecule has 0 unspecified atom stereocenters. The molecular weight excluding hydrogens is 418 g/mol. The van der Waals surface area contributed by atoms with Gasteiger partial charge in [-0.15, -0.1) is 0 Å². The summed E-state index contributed by atoms with van der Waals surface area (Å²) in [5.74, 6) is 0.178. The van der Waals surface area contributed by atoms with Crippen LogP contribution in [-0.2, 0) is 26.0 Å². The number of aromatic amines is 1. The molecule has 9 nitrogen and oxygen atoms in total. The molecule has 0 bridgehead atoms. The average molecular weight is 442 g/mol. The van der Waals surface area contributed by atoms with Gasteiger partial charge in [-0.1, -0.05) is 36.4 Å². The number of anilines is 1. The fraction of sp³-hybridized carbons (Fsp3) is 0.190. The Hall–Kier alpha value is -3.66. The van der Waals surface area contributed by atoms with E-state index in [1.54, 1.807) is 30.5 Å². The first-order valence-electron chi connectivity index (χ1n) is 9.34. The third kappa shape index (κ3) is 5.70. The van der Waals surface area contributed by atoms with E-state index in [1.165, 1.54) is 7.11 Å². The molecule has 3 aromatic rings. The number of nitrogens with two attached hydrogens (primary N) is 1. The third-order valence-electron chi connectivity index (χ3n) is 4.59. The maximum atomic E-state index is 11.8. The van der Waals surface area contributed by atoms with Crippen molar-refractivity contribution in [2.45, 2.75) is 12.8 Å². The predicted molar refractivity (Wildman–Crippen MR) is 119 cm³/mol. The highest BCUT2D eigenvalue weighted by Crippen LogP contribution is 2.28. The molecule has 0 amide bonds. The maximum absolute atomic E-state index is 11.8. The average Bonchev–Trinajstić information content (AvgIpc) is 3.21. The van der Waals surface area contributed by atoms with Crippen LogP contribution in [0, 0.1) is 5.41 Å². The van der Waals surface area contributed by atoms with E-state index >= 15 is 0 Å². The number of H-pyrrole nitrogens is 1. The summed E-state index contributed by atoms with van der Waals surface area (Å²) in [5, 5.41) is 7.47. The Morgan fingerprint density at radius 3 is 2.48 bits per heavy atom. The first-order valence-corrected chi connectivity index (χ1v) is 11.2. The Bertz CT molecular complexity index is 1220. The second kappa shape index (κ2) is 9.00. The lowest BCUT2D eigenvalue weighted by molar-refractivity contribution is -0.140. The van der Waals surface area contributed by atoms with E-state index < -0.39 is 10.0 Å². The van der Waals surface area contributed by atoms with Crippen LogP contribution in [0.1, 0.15) is 17.5 Å². The van der Waals surface area contributed by atoms with E-state index in [9.17, 15) is 13.2 Å². The van der Waals surface area contributed by atoms with Crippen LogP contribution in [0.15, 0.2) is 48.7 Å². The number of amidine groups is 1. The van der Waals surface area contributed by atoms with Crippen LogP contribution in [0.5, 0.6) is 0 Å². The number of sulfonamides is 1. The number of esters is 1. The van der Waals surface area contributed by atoms with E-state index in [0.717, 1.165) is 17.5 Å². The van der Waals surface area contributed by atoms with E-state index in [1.807, 2.05) is 18.2 Å². The normalized spacial score (nSPS) is 11.2. The highest BCUT2D eigenvalue weighted by molar-refractivity contribution is 7.92. The van der Waals surface area contributed by atoms with Crippen molar-refractivity contribution in [1.82, 2.24) is 9.97 Å². The Kier molecular flexibility index (Phi) is 6.40. The quantitative estimate of drug-likeness (QED) is 0.239. The number of hydrogen-bond acceptors (Lipinski definition) is 6. The molecule has 3 rings (SSSR count). The third-order valence-corrected chi connectivity index (χ3v) is 5.18. The van der Waals surface area contributed by atoms with Gasteiger partial charge in [0.15, 0.2) is 0 Å². The molecule has 0 aliphatic heterocycles. The van der Waals surface area contributed by atoms with Gasteiger partial charge >= 0.3 is 5.97 Å². The summed E-state index contributed by atoms with van der Waals surface area (Å²) in [6.45, 7) is 0. The number of imidazole rings is 1. The zero-order valence-corrected chi connectivity index (χ0v) is 17.9. The minimum Gasteiger partial charge on any atom is -0.469 e. The zero-order chi connectivity index (χ0) is 22.6. The summed E-state index contributed by atoms with van der Waals surface area (Å²) in [4.78, 5) is 19.1. The van der Waals surface area contributed by atoms with Crippen molar-refractivity contribution in [3.8, 4) is 22.6 Å². The van der Waals surface area contributed by atoms with Crippen LogP contribution >= 0.6 is 0 Å². The Balaban J connectivity index is 1.91. The number of nitrogens with one attached hydrogen (secondary N) is 3. The number of aromatic nitrogens is 2. The molecule has 0 radical (unpaired) electrons. The second-order valence-corrected chi connectivity index (χ2v) is 8.71. The molecule has 31 heavy (non-hydrogen) atoms. The lowest BCUT2D eigenvalue weighted by atomic mass is 10.0. The fourth-order valence-electron chi connectivity index (χ4n) is 3.02. The Labute approximate surface area is 180 Å². The number of ether oxygens (including phenoxy) is 1. The Morgan fingerprint density at radius 1 is 1.19 bits per heavy atom. The lowest BCUT2D eigenvalue weighted by Gasteiger charge is -2.12. The number of benzene rings is 2. The van der Waals surface area contributed by atoms with E-state index in [0.29, 0.717) is 34.6 Å². The van der Waals surface area contributed by atoms with E-state index in [-0.39, 0.29) is 18.2 Å². The molecule has 1 aromatic heterocycles. The molecule has 0 aliphatic carbocycles. The molecule has 0 fully saturated rings. The number of nitrogen functional groups attached to an aromatic ring is 1. The number of hydrogen-bond donors (Lipinski definition) is 4. The summed E-state index contributed by atoms with van der Waals surface area (Å²) < 4.78 is 30.8. The minimum atomic E-state index is -3.52. The number of aryl methyl sites for hydroxylation is 1. The maximum Gasteiger partial charge on any atom is 0.305 e. The molecule has 0 spiro atoms. The van der Waals surface area contributed by atoms with Crippen LogP contribution in [-0.4, -0.2) is 43.6 Å². The monoisotopic (exact) mass is 441 g/mol. The molecular formula is C21H23N5O4S. The van der Waals surface area contributed by atoms with Crippen LogP contribution in [0.25, 0.3) is 22.6 Å². The predicted octanol–water partition coefficient (Wildman–Crippen LogP) is 2.50. The van der Waals surface area contributed by atoms with Gasteiger partial charge in [-0.25, -0.2) is 13.4 Å². The van der Waals surface area contributed by atoms with Gasteiger partial charge in [-0.05, 0) is 23.6 Å². The molecule has 162 valence electrons. The van der Waals surface area contributed by atoms with Gasteiger partial charge in [0.25, 0.3) is 0 Å². The molecule has 5 N–H and O–H groups in total. The highest BCUT2D eigenvalue weighted by Gasteiger charge is 2.13. The van der Waals surface area contributed by atoms with Crippen molar-refractivity contribution in [3.05, 3.63) is 59.8 Å². The Morgan fingerprint density at radius 2 is 1.87 bits per heavy atom. The van der Waals surface area contributed by atoms with Crippen molar-refractivity contribution < 1.29 is 17.9 Å². The summed E-state index contributed by atoms with van der Waals surface area (Å²) >= 11 is 0. The van der Waals surface area contributed by atoms with Gasteiger partial charge in [-0.3, -0.25) is 14.9 Å². The number of carbonyl (C=O) groups excluding carboxylic acids is 1. The lowest BCUT2D eigenvalue weighted by Crippen LogP contribution is -2.12. The largest absolute Gasteiger partial charge is 0.469 e.